The van der Waals surface area contributed by atoms with Crippen molar-refractivity contribution in [2.45, 2.75) is 6.92 Å². The Morgan fingerprint density at radius 1 is 1.00 bits per heavy atom. The van der Waals surface area contributed by atoms with Crippen LogP contribution in [0.3, 0.4) is 0 Å². The van der Waals surface area contributed by atoms with Gasteiger partial charge in [-0.2, -0.15) is 0 Å². The van der Waals surface area contributed by atoms with Gasteiger partial charge in [0.05, 0.1) is 22.5 Å². The van der Waals surface area contributed by atoms with Crippen LogP contribution in [0.5, 0.6) is 0 Å². The first-order valence-electron chi connectivity index (χ1n) is 6.17. The minimum absolute atomic E-state index is 0.355. The summed E-state index contributed by atoms with van der Waals surface area (Å²) in [5.41, 5.74) is 9.90. The van der Waals surface area contributed by atoms with Crippen LogP contribution in [0, 0.1) is 6.92 Å². The minimum Gasteiger partial charge on any atom is -0.397 e. The molecule has 2 aromatic rings. The second kappa shape index (κ2) is 4.38. The number of carbonyl (C=O) groups excluding carboxylic acids is 2. The Kier molecular flexibility index (Phi) is 2.68. The first kappa shape index (κ1) is 12.2. The monoisotopic (exact) mass is 267 g/mol. The van der Waals surface area contributed by atoms with E-state index in [2.05, 4.69) is 10.6 Å². The third-order valence-electron chi connectivity index (χ3n) is 3.22. The summed E-state index contributed by atoms with van der Waals surface area (Å²) in [6.07, 6.45) is 0. The topological polar surface area (TPSA) is 84.2 Å². The number of nitrogens with two attached hydrogens (primary N) is 1. The van der Waals surface area contributed by atoms with E-state index in [1.54, 1.807) is 18.2 Å². The highest BCUT2D eigenvalue weighted by Gasteiger charge is 2.26. The van der Waals surface area contributed by atoms with Crippen molar-refractivity contribution in [2.75, 3.05) is 11.1 Å². The molecule has 0 saturated carbocycles. The highest BCUT2D eigenvalue weighted by atomic mass is 16.2. The van der Waals surface area contributed by atoms with Crippen molar-refractivity contribution in [1.82, 2.24) is 5.32 Å². The number of nitrogens with one attached hydrogen (secondary N) is 2. The fourth-order valence-electron chi connectivity index (χ4n) is 2.20. The Labute approximate surface area is 115 Å². The van der Waals surface area contributed by atoms with Gasteiger partial charge in [0.25, 0.3) is 11.8 Å². The van der Waals surface area contributed by atoms with Gasteiger partial charge < -0.3 is 11.1 Å². The summed E-state index contributed by atoms with van der Waals surface area (Å²) in [5, 5.41) is 5.41. The number of aryl methyl sites for hydroxylation is 1. The molecule has 1 aliphatic rings. The quantitative estimate of drug-likeness (QED) is 0.575. The van der Waals surface area contributed by atoms with E-state index in [9.17, 15) is 9.59 Å². The van der Waals surface area contributed by atoms with Crippen molar-refractivity contribution in [1.29, 1.82) is 0 Å². The zero-order valence-electron chi connectivity index (χ0n) is 10.9. The Bertz CT molecular complexity index is 738. The van der Waals surface area contributed by atoms with Gasteiger partial charge in [0.15, 0.2) is 0 Å². The number of anilines is 3. The highest BCUT2D eigenvalue weighted by molar-refractivity contribution is 6.21. The summed E-state index contributed by atoms with van der Waals surface area (Å²) in [6, 6.07) is 10.7. The average Bonchev–Trinajstić information content (AvgIpc) is 2.68. The van der Waals surface area contributed by atoms with Gasteiger partial charge in [-0.15, -0.1) is 0 Å². The van der Waals surface area contributed by atoms with Gasteiger partial charge in [-0.25, -0.2) is 0 Å². The Morgan fingerprint density at radius 2 is 1.75 bits per heavy atom. The van der Waals surface area contributed by atoms with Gasteiger partial charge in [0.2, 0.25) is 0 Å². The fourth-order valence-corrected chi connectivity index (χ4v) is 2.20. The van der Waals surface area contributed by atoms with E-state index < -0.39 is 0 Å². The molecule has 20 heavy (non-hydrogen) atoms. The number of hydrogen-bond donors (Lipinski definition) is 3. The summed E-state index contributed by atoms with van der Waals surface area (Å²) < 4.78 is 0. The van der Waals surface area contributed by atoms with Gasteiger partial charge in [0, 0.05) is 5.69 Å². The van der Waals surface area contributed by atoms with E-state index in [-0.39, 0.29) is 11.8 Å². The third kappa shape index (κ3) is 1.99. The predicted octanol–water partition coefficient (Wildman–Crippen LogP) is 2.20. The molecular formula is C15H13N3O2. The average molecular weight is 267 g/mol. The normalized spacial score (nSPS) is 13.1. The van der Waals surface area contributed by atoms with Crippen LogP contribution in [-0.4, -0.2) is 11.8 Å². The molecule has 0 radical (unpaired) electrons. The van der Waals surface area contributed by atoms with Crippen molar-refractivity contribution in [3.8, 4) is 0 Å². The molecule has 0 aromatic heterocycles. The first-order valence-corrected chi connectivity index (χ1v) is 6.17. The zero-order valence-corrected chi connectivity index (χ0v) is 10.9. The summed E-state index contributed by atoms with van der Waals surface area (Å²) in [6.45, 7) is 1.96. The molecule has 100 valence electrons. The van der Waals surface area contributed by atoms with Crippen molar-refractivity contribution in [2.24, 2.45) is 0 Å². The van der Waals surface area contributed by atoms with Crippen molar-refractivity contribution < 1.29 is 9.59 Å². The largest absolute Gasteiger partial charge is 0.397 e. The number of nitrogen functional groups attached to an aromatic ring is 1. The van der Waals surface area contributed by atoms with Crippen LogP contribution < -0.4 is 16.4 Å². The summed E-state index contributed by atoms with van der Waals surface area (Å²) in [5.74, 6) is -0.725. The van der Waals surface area contributed by atoms with E-state index >= 15 is 0 Å². The smallest absolute Gasteiger partial charge is 0.259 e. The molecule has 5 nitrogen and oxygen atoms in total. The van der Waals surface area contributed by atoms with Crippen molar-refractivity contribution in [3.63, 3.8) is 0 Å². The Morgan fingerprint density at radius 3 is 2.50 bits per heavy atom. The lowest BCUT2D eigenvalue weighted by atomic mass is 10.1. The summed E-state index contributed by atoms with van der Waals surface area (Å²) in [4.78, 5) is 23.1. The second-order valence-corrected chi connectivity index (χ2v) is 4.76. The number of rotatable bonds is 2. The number of imide groups is 1. The molecule has 0 aliphatic carbocycles. The fraction of sp³-hybridized carbons (Fsp3) is 0.0667. The van der Waals surface area contributed by atoms with Crippen LogP contribution in [0.15, 0.2) is 36.4 Å². The number of hydrogen-bond acceptors (Lipinski definition) is 4. The molecule has 0 bridgehead atoms. The summed E-state index contributed by atoms with van der Waals surface area (Å²) >= 11 is 0. The standard InChI is InChI=1S/C15H13N3O2/c1-8-2-5-13(12(16)6-8)17-9-3-4-10-11(7-9)15(20)18-14(10)19/h2-7,17H,16H2,1H3,(H,18,19,20). The van der Waals surface area contributed by atoms with E-state index in [0.29, 0.717) is 22.5 Å². The molecule has 2 amide bonds. The zero-order chi connectivity index (χ0) is 14.3. The van der Waals surface area contributed by atoms with Gasteiger partial charge in [0.1, 0.15) is 0 Å². The highest BCUT2D eigenvalue weighted by Crippen LogP contribution is 2.26. The first-order chi connectivity index (χ1) is 9.54. The van der Waals surface area contributed by atoms with Crippen LogP contribution in [0.4, 0.5) is 17.1 Å². The van der Waals surface area contributed by atoms with Crippen molar-refractivity contribution in [3.05, 3.63) is 53.1 Å². The molecule has 0 unspecified atom stereocenters. The van der Waals surface area contributed by atoms with Crippen LogP contribution in [0.1, 0.15) is 26.3 Å². The number of benzene rings is 2. The molecule has 0 saturated heterocycles. The molecule has 3 rings (SSSR count). The molecule has 0 atom stereocenters. The van der Waals surface area contributed by atoms with Crippen LogP contribution in [0.25, 0.3) is 0 Å². The SMILES string of the molecule is Cc1ccc(Nc2ccc3c(c2)C(=O)NC3=O)c(N)c1. The lowest BCUT2D eigenvalue weighted by molar-refractivity contribution is 0.0879. The molecule has 0 fully saturated rings. The minimum atomic E-state index is -0.370. The lowest BCUT2D eigenvalue weighted by Gasteiger charge is -2.10. The van der Waals surface area contributed by atoms with Crippen LogP contribution in [-0.2, 0) is 0 Å². The van der Waals surface area contributed by atoms with Crippen LogP contribution >= 0.6 is 0 Å². The molecule has 1 heterocycles. The van der Waals surface area contributed by atoms with E-state index in [0.717, 1.165) is 11.3 Å². The van der Waals surface area contributed by atoms with E-state index in [1.807, 2.05) is 25.1 Å². The van der Waals surface area contributed by atoms with Gasteiger partial charge >= 0.3 is 0 Å². The molecule has 5 heteroatoms. The Hall–Kier alpha value is -2.82. The maximum Gasteiger partial charge on any atom is 0.259 e. The number of carbonyl (C=O) groups is 2. The predicted molar refractivity (Wildman–Crippen MR) is 77.1 cm³/mol. The molecule has 4 N–H and O–H groups in total. The molecule has 2 aromatic carbocycles. The third-order valence-corrected chi connectivity index (χ3v) is 3.22. The Balaban J connectivity index is 1.95. The number of amides is 2. The van der Waals surface area contributed by atoms with Gasteiger partial charge in [-0.05, 0) is 42.8 Å². The van der Waals surface area contributed by atoms with Crippen LogP contribution in [0.2, 0.25) is 0 Å². The van der Waals surface area contributed by atoms with E-state index in [1.165, 1.54) is 0 Å². The van der Waals surface area contributed by atoms with E-state index in [4.69, 9.17) is 5.73 Å². The number of fused-ring (bicyclic) bond motifs is 1. The lowest BCUT2D eigenvalue weighted by Crippen LogP contribution is -2.19. The maximum absolute atomic E-state index is 11.6. The summed E-state index contributed by atoms with van der Waals surface area (Å²) in [7, 11) is 0. The van der Waals surface area contributed by atoms with Crippen molar-refractivity contribution >= 4 is 28.9 Å². The molecule has 0 spiro atoms. The van der Waals surface area contributed by atoms with Gasteiger partial charge in [-0.3, -0.25) is 14.9 Å². The van der Waals surface area contributed by atoms with Gasteiger partial charge in [-0.1, -0.05) is 6.07 Å². The molecular weight excluding hydrogens is 254 g/mol. The molecule has 1 aliphatic heterocycles. The maximum atomic E-state index is 11.6. The second-order valence-electron chi connectivity index (χ2n) is 4.76.